The lowest BCUT2D eigenvalue weighted by molar-refractivity contribution is 0.134. The lowest BCUT2D eigenvalue weighted by Crippen LogP contribution is -2.35. The lowest BCUT2D eigenvalue weighted by atomic mass is 9.68. The first-order valence-corrected chi connectivity index (χ1v) is 7.49. The van der Waals surface area contributed by atoms with E-state index in [9.17, 15) is 0 Å². The summed E-state index contributed by atoms with van der Waals surface area (Å²) in [7, 11) is 0. The highest BCUT2D eigenvalue weighted by Gasteiger charge is 2.31. The molecule has 17 heavy (non-hydrogen) atoms. The van der Waals surface area contributed by atoms with Gasteiger partial charge in [0.25, 0.3) is 0 Å². The van der Waals surface area contributed by atoms with Gasteiger partial charge < -0.3 is 5.32 Å². The Morgan fingerprint density at radius 3 is 2.06 bits per heavy atom. The van der Waals surface area contributed by atoms with Crippen LogP contribution in [0.25, 0.3) is 0 Å². The minimum absolute atomic E-state index is 0.411. The molecule has 0 amide bonds. The summed E-state index contributed by atoms with van der Waals surface area (Å²) in [5.41, 5.74) is 0.919. The van der Waals surface area contributed by atoms with Crippen molar-refractivity contribution in [3.8, 4) is 0 Å². The molecule has 1 N–H and O–H groups in total. The van der Waals surface area contributed by atoms with Crippen molar-refractivity contribution in [1.29, 1.82) is 0 Å². The van der Waals surface area contributed by atoms with Crippen molar-refractivity contribution >= 4 is 0 Å². The molecule has 0 spiro atoms. The van der Waals surface area contributed by atoms with Crippen LogP contribution in [0, 0.1) is 16.7 Å². The second-order valence-electron chi connectivity index (χ2n) is 7.00. The summed E-state index contributed by atoms with van der Waals surface area (Å²) in [4.78, 5) is 0. The van der Waals surface area contributed by atoms with Gasteiger partial charge in [0.05, 0.1) is 0 Å². The maximum atomic E-state index is 3.50. The highest BCUT2D eigenvalue weighted by Crippen LogP contribution is 2.41. The van der Waals surface area contributed by atoms with E-state index in [0.717, 1.165) is 19.0 Å². The fourth-order valence-electron chi connectivity index (χ4n) is 3.01. The molecule has 0 aromatic heterocycles. The number of rotatable bonds is 9. The molecule has 0 radical (unpaired) electrons. The van der Waals surface area contributed by atoms with Gasteiger partial charge in [0, 0.05) is 6.54 Å². The van der Waals surface area contributed by atoms with Crippen LogP contribution in [0.3, 0.4) is 0 Å². The third-order valence-electron chi connectivity index (χ3n) is 4.15. The Bertz CT molecular complexity index is 198. The normalized spacial score (nSPS) is 17.8. The van der Waals surface area contributed by atoms with Crippen molar-refractivity contribution in [2.24, 2.45) is 16.7 Å². The minimum Gasteiger partial charge on any atom is -0.316 e. The lowest BCUT2D eigenvalue weighted by Gasteiger charge is -2.39. The third-order valence-corrected chi connectivity index (χ3v) is 4.15. The van der Waals surface area contributed by atoms with Crippen LogP contribution in [0.4, 0.5) is 0 Å². The summed E-state index contributed by atoms with van der Waals surface area (Å²) >= 11 is 0. The zero-order chi connectivity index (χ0) is 13.5. The first-order chi connectivity index (χ1) is 7.78. The Hall–Kier alpha value is -0.0400. The Morgan fingerprint density at radius 1 is 1.06 bits per heavy atom. The molecule has 0 aromatic carbocycles. The van der Waals surface area contributed by atoms with Crippen LogP contribution < -0.4 is 5.32 Å². The van der Waals surface area contributed by atoms with Gasteiger partial charge in [-0.25, -0.2) is 0 Å². The van der Waals surface area contributed by atoms with Crippen molar-refractivity contribution < 1.29 is 0 Å². The van der Waals surface area contributed by atoms with Crippen LogP contribution >= 0.6 is 0 Å². The van der Waals surface area contributed by atoms with E-state index in [4.69, 9.17) is 0 Å². The molecule has 2 unspecified atom stereocenters. The molecule has 1 nitrogen and oxygen atoms in total. The zero-order valence-electron chi connectivity index (χ0n) is 13.3. The van der Waals surface area contributed by atoms with E-state index in [1.165, 1.54) is 25.7 Å². The van der Waals surface area contributed by atoms with Crippen molar-refractivity contribution in [3.05, 3.63) is 0 Å². The highest BCUT2D eigenvalue weighted by molar-refractivity contribution is 4.84. The van der Waals surface area contributed by atoms with Crippen LogP contribution in [-0.4, -0.2) is 13.1 Å². The van der Waals surface area contributed by atoms with E-state index in [1.54, 1.807) is 0 Å². The van der Waals surface area contributed by atoms with Crippen molar-refractivity contribution in [2.75, 3.05) is 13.1 Å². The highest BCUT2D eigenvalue weighted by atomic mass is 14.9. The van der Waals surface area contributed by atoms with Gasteiger partial charge in [-0.1, -0.05) is 61.3 Å². The largest absolute Gasteiger partial charge is 0.316 e. The Labute approximate surface area is 110 Å². The molecule has 0 aliphatic rings. The molecular weight excluding hydrogens is 206 g/mol. The van der Waals surface area contributed by atoms with E-state index in [2.05, 4.69) is 53.8 Å². The fourth-order valence-corrected chi connectivity index (χ4v) is 3.01. The molecule has 0 aliphatic carbocycles. The number of hydrogen-bond donors (Lipinski definition) is 1. The molecule has 0 aromatic rings. The molecule has 104 valence electrons. The summed E-state index contributed by atoms with van der Waals surface area (Å²) in [5, 5.41) is 3.50. The Kier molecular flexibility index (Phi) is 7.39. The second-order valence-corrected chi connectivity index (χ2v) is 7.00. The molecule has 0 heterocycles. The molecule has 0 bridgehead atoms. The molecule has 0 aliphatic heterocycles. The maximum Gasteiger partial charge on any atom is 0.000260 e. The van der Waals surface area contributed by atoms with E-state index in [-0.39, 0.29) is 0 Å². The molecule has 2 atom stereocenters. The molecule has 1 heteroatoms. The van der Waals surface area contributed by atoms with E-state index in [1.807, 2.05) is 0 Å². The first-order valence-electron chi connectivity index (χ1n) is 7.49. The summed E-state index contributed by atoms with van der Waals surface area (Å²) in [6.07, 6.45) is 5.31. The van der Waals surface area contributed by atoms with Gasteiger partial charge in [-0.05, 0) is 36.1 Å². The molecule has 0 fully saturated rings. The zero-order valence-corrected chi connectivity index (χ0v) is 13.3. The summed E-state index contributed by atoms with van der Waals surface area (Å²) in [5.74, 6) is 0.856. The Balaban J connectivity index is 4.44. The van der Waals surface area contributed by atoms with Crippen LogP contribution in [0.5, 0.6) is 0 Å². The van der Waals surface area contributed by atoms with Crippen molar-refractivity contribution in [3.63, 3.8) is 0 Å². The van der Waals surface area contributed by atoms with Gasteiger partial charge in [-0.2, -0.15) is 0 Å². The smallest absolute Gasteiger partial charge is 0.000260 e. The van der Waals surface area contributed by atoms with Crippen LogP contribution in [0.2, 0.25) is 0 Å². The Morgan fingerprint density at radius 2 is 1.65 bits per heavy atom. The standard InChI is InChI=1S/C16H35N/c1-8-14(4)11-16(7,9-2)12-15(5,6)13-17-10-3/h14,17H,8-13H2,1-7H3. The fraction of sp³-hybridized carbons (Fsp3) is 1.00. The van der Waals surface area contributed by atoms with Crippen molar-refractivity contribution in [2.45, 2.75) is 74.1 Å². The van der Waals surface area contributed by atoms with E-state index >= 15 is 0 Å². The maximum absolute atomic E-state index is 3.50. The average molecular weight is 241 g/mol. The number of nitrogens with one attached hydrogen (secondary N) is 1. The van der Waals surface area contributed by atoms with Crippen LogP contribution in [0.15, 0.2) is 0 Å². The van der Waals surface area contributed by atoms with Crippen molar-refractivity contribution in [1.82, 2.24) is 5.32 Å². The summed E-state index contributed by atoms with van der Waals surface area (Å²) < 4.78 is 0. The molecule has 0 saturated heterocycles. The SMILES string of the molecule is CCNCC(C)(C)CC(C)(CC)CC(C)CC. The summed E-state index contributed by atoms with van der Waals surface area (Å²) in [6, 6.07) is 0. The molecular formula is C16H35N. The van der Waals surface area contributed by atoms with E-state index in [0.29, 0.717) is 10.8 Å². The average Bonchev–Trinajstić information content (AvgIpc) is 2.25. The van der Waals surface area contributed by atoms with Gasteiger partial charge in [0.2, 0.25) is 0 Å². The second kappa shape index (κ2) is 7.41. The quantitative estimate of drug-likeness (QED) is 0.607. The third kappa shape index (κ3) is 7.08. The summed E-state index contributed by atoms with van der Waals surface area (Å²) in [6.45, 7) is 18.8. The van der Waals surface area contributed by atoms with Gasteiger partial charge in [-0.15, -0.1) is 0 Å². The topological polar surface area (TPSA) is 12.0 Å². The van der Waals surface area contributed by atoms with Gasteiger partial charge in [0.1, 0.15) is 0 Å². The van der Waals surface area contributed by atoms with Gasteiger partial charge in [0.15, 0.2) is 0 Å². The van der Waals surface area contributed by atoms with Gasteiger partial charge >= 0.3 is 0 Å². The predicted molar refractivity (Wildman–Crippen MR) is 79.4 cm³/mol. The van der Waals surface area contributed by atoms with Crippen LogP contribution in [0.1, 0.15) is 74.1 Å². The minimum atomic E-state index is 0.411. The van der Waals surface area contributed by atoms with Crippen LogP contribution in [-0.2, 0) is 0 Å². The number of hydrogen-bond acceptors (Lipinski definition) is 1. The van der Waals surface area contributed by atoms with E-state index < -0.39 is 0 Å². The predicted octanol–water partition coefficient (Wildman–Crippen LogP) is 4.86. The first kappa shape index (κ1) is 17.0. The molecule has 0 rings (SSSR count). The monoisotopic (exact) mass is 241 g/mol. The van der Waals surface area contributed by atoms with Gasteiger partial charge in [-0.3, -0.25) is 0 Å². The molecule has 0 saturated carbocycles.